The number of halogens is 1. The Morgan fingerprint density at radius 1 is 1.08 bits per heavy atom. The van der Waals surface area contributed by atoms with Gasteiger partial charge < -0.3 is 16.4 Å². The molecule has 4 N–H and O–H groups in total. The van der Waals surface area contributed by atoms with E-state index < -0.39 is 6.03 Å². The number of fused-ring (bicyclic) bond motifs is 1. The zero-order chi connectivity index (χ0) is 25.6. The van der Waals surface area contributed by atoms with E-state index in [0.29, 0.717) is 42.0 Å². The molecule has 3 aromatic heterocycles. The SMILES string of the molecule is CC(=O)c1c([C@@H]2CCN(C(N)=O)[C@@H](C)C2)nc2c(-c3ccc(-c4ccc(F)cc4)nc3)cnn2c1N. The van der Waals surface area contributed by atoms with Gasteiger partial charge in [-0.05, 0) is 57.0 Å². The lowest BCUT2D eigenvalue weighted by Gasteiger charge is -2.36. The van der Waals surface area contributed by atoms with Crippen molar-refractivity contribution < 1.29 is 14.0 Å². The zero-order valence-electron chi connectivity index (χ0n) is 20.0. The van der Waals surface area contributed by atoms with Gasteiger partial charge in [0.1, 0.15) is 11.6 Å². The second-order valence-corrected chi connectivity index (χ2v) is 9.15. The summed E-state index contributed by atoms with van der Waals surface area (Å²) < 4.78 is 14.7. The number of carbonyl (C=O) groups excluding carboxylic acids is 2. The third-order valence-electron chi connectivity index (χ3n) is 6.82. The van der Waals surface area contributed by atoms with Crippen LogP contribution in [0.3, 0.4) is 0 Å². The van der Waals surface area contributed by atoms with Crippen molar-refractivity contribution >= 4 is 23.3 Å². The van der Waals surface area contributed by atoms with Gasteiger partial charge in [-0.25, -0.2) is 14.2 Å². The Morgan fingerprint density at radius 3 is 2.42 bits per heavy atom. The number of ketones is 1. The van der Waals surface area contributed by atoms with Gasteiger partial charge >= 0.3 is 6.03 Å². The molecule has 0 spiro atoms. The minimum atomic E-state index is -0.453. The fourth-order valence-corrected chi connectivity index (χ4v) is 4.99. The molecule has 4 heterocycles. The van der Waals surface area contributed by atoms with Crippen molar-refractivity contribution in [3.05, 3.63) is 65.9 Å². The predicted molar refractivity (Wildman–Crippen MR) is 134 cm³/mol. The summed E-state index contributed by atoms with van der Waals surface area (Å²) in [5.41, 5.74) is 16.5. The number of hydrogen-bond donors (Lipinski definition) is 2. The lowest BCUT2D eigenvalue weighted by molar-refractivity contribution is 0.101. The topological polar surface area (TPSA) is 132 Å². The van der Waals surface area contributed by atoms with Gasteiger partial charge in [-0.3, -0.25) is 9.78 Å². The Morgan fingerprint density at radius 2 is 1.81 bits per heavy atom. The van der Waals surface area contributed by atoms with Crippen molar-refractivity contribution in [2.24, 2.45) is 5.73 Å². The van der Waals surface area contributed by atoms with Crippen LogP contribution < -0.4 is 11.5 Å². The first-order valence-corrected chi connectivity index (χ1v) is 11.7. The van der Waals surface area contributed by atoms with Crippen LogP contribution in [0.1, 0.15) is 48.7 Å². The third kappa shape index (κ3) is 4.04. The Labute approximate surface area is 206 Å². The second kappa shape index (κ2) is 9.03. The molecule has 184 valence electrons. The Hall–Kier alpha value is -4.34. The van der Waals surface area contributed by atoms with Gasteiger partial charge in [0, 0.05) is 41.4 Å². The Bertz CT molecular complexity index is 1460. The predicted octanol–water partition coefficient (Wildman–Crippen LogP) is 4.03. The number of piperidine rings is 1. The van der Waals surface area contributed by atoms with E-state index in [0.717, 1.165) is 16.7 Å². The molecule has 1 fully saturated rings. The average Bonchev–Trinajstić information content (AvgIpc) is 3.28. The van der Waals surface area contributed by atoms with Crippen molar-refractivity contribution in [2.75, 3.05) is 12.3 Å². The molecule has 9 nitrogen and oxygen atoms in total. The van der Waals surface area contributed by atoms with Gasteiger partial charge in [0.05, 0.1) is 23.1 Å². The minimum absolute atomic E-state index is 0.0662. The molecule has 1 aliphatic rings. The van der Waals surface area contributed by atoms with Crippen LogP contribution in [0.15, 0.2) is 48.8 Å². The molecule has 36 heavy (non-hydrogen) atoms. The van der Waals surface area contributed by atoms with E-state index in [4.69, 9.17) is 16.5 Å². The quantitative estimate of drug-likeness (QED) is 0.418. The number of rotatable bonds is 4. The molecule has 1 saturated heterocycles. The lowest BCUT2D eigenvalue weighted by Crippen LogP contribution is -2.47. The maximum Gasteiger partial charge on any atom is 0.315 e. The number of nitrogen functional groups attached to an aromatic ring is 1. The van der Waals surface area contributed by atoms with Gasteiger partial charge in [-0.1, -0.05) is 6.07 Å². The fourth-order valence-electron chi connectivity index (χ4n) is 4.99. The number of hydrogen-bond acceptors (Lipinski definition) is 6. The van der Waals surface area contributed by atoms with Gasteiger partial charge in [0.2, 0.25) is 0 Å². The van der Waals surface area contributed by atoms with Crippen molar-refractivity contribution in [3.8, 4) is 22.4 Å². The highest BCUT2D eigenvalue weighted by Crippen LogP contribution is 2.36. The molecule has 0 unspecified atom stereocenters. The summed E-state index contributed by atoms with van der Waals surface area (Å²) >= 11 is 0. The van der Waals surface area contributed by atoms with E-state index in [1.807, 2.05) is 19.1 Å². The number of anilines is 1. The summed E-state index contributed by atoms with van der Waals surface area (Å²) in [5.74, 6) is -0.330. The molecule has 1 aromatic carbocycles. The van der Waals surface area contributed by atoms with E-state index in [1.165, 1.54) is 23.6 Å². The zero-order valence-corrected chi connectivity index (χ0v) is 20.0. The second-order valence-electron chi connectivity index (χ2n) is 9.15. The molecule has 5 rings (SSSR count). The summed E-state index contributed by atoms with van der Waals surface area (Å²) in [6.07, 6.45) is 4.59. The largest absolute Gasteiger partial charge is 0.383 e. The van der Waals surface area contributed by atoms with Gasteiger partial charge in [0.25, 0.3) is 0 Å². The molecule has 2 atom stereocenters. The monoisotopic (exact) mass is 487 g/mol. The molecule has 2 amide bonds. The number of carbonyl (C=O) groups is 2. The summed E-state index contributed by atoms with van der Waals surface area (Å²) in [5, 5.41) is 4.40. The maximum atomic E-state index is 13.3. The summed E-state index contributed by atoms with van der Waals surface area (Å²) in [6.45, 7) is 3.88. The van der Waals surface area contributed by atoms with E-state index in [1.54, 1.807) is 29.4 Å². The Balaban J connectivity index is 1.56. The van der Waals surface area contributed by atoms with Gasteiger partial charge in [-0.15, -0.1) is 0 Å². The van der Waals surface area contributed by atoms with E-state index in [-0.39, 0.29) is 29.4 Å². The molecule has 0 radical (unpaired) electrons. The molecule has 0 bridgehead atoms. The third-order valence-corrected chi connectivity index (χ3v) is 6.82. The normalized spacial score (nSPS) is 17.9. The highest BCUT2D eigenvalue weighted by molar-refractivity contribution is 6.00. The van der Waals surface area contributed by atoms with Crippen LogP contribution in [0, 0.1) is 5.82 Å². The standard InChI is InChI=1S/C26H26FN7O2/c1-14-11-17(9-10-33(14)26(29)36)23-22(15(2)35)24(28)34-25(32-23)20(13-31-34)18-5-8-21(30-12-18)16-3-6-19(27)7-4-16/h3-8,12-14,17H,9-11,28H2,1-2H3,(H2,29,36)/t14-,17+/m0/s1. The van der Waals surface area contributed by atoms with E-state index in [2.05, 4.69) is 10.1 Å². The molecule has 0 aliphatic carbocycles. The molecule has 4 aromatic rings. The van der Waals surface area contributed by atoms with Gasteiger partial charge in [0.15, 0.2) is 11.4 Å². The summed E-state index contributed by atoms with van der Waals surface area (Å²) in [7, 11) is 0. The number of nitrogens with two attached hydrogens (primary N) is 2. The first-order chi connectivity index (χ1) is 17.2. The highest BCUT2D eigenvalue weighted by Gasteiger charge is 2.33. The number of urea groups is 1. The van der Waals surface area contributed by atoms with E-state index in [9.17, 15) is 14.0 Å². The fraction of sp³-hybridized carbons (Fsp3) is 0.269. The summed E-state index contributed by atoms with van der Waals surface area (Å²) in [6, 6.07) is 9.34. The molecule has 10 heteroatoms. The van der Waals surface area contributed by atoms with Crippen LogP contribution in [-0.4, -0.2) is 48.9 Å². The number of nitrogens with zero attached hydrogens (tertiary/aromatic N) is 5. The van der Waals surface area contributed by atoms with Crippen LogP contribution in [0.5, 0.6) is 0 Å². The maximum absolute atomic E-state index is 13.3. The number of pyridine rings is 1. The average molecular weight is 488 g/mol. The summed E-state index contributed by atoms with van der Waals surface area (Å²) in [4.78, 5) is 35.4. The smallest absolute Gasteiger partial charge is 0.315 e. The number of aromatic nitrogens is 4. The Kier molecular flexibility index (Phi) is 5.87. The van der Waals surface area contributed by atoms with Crippen molar-refractivity contribution in [2.45, 2.75) is 38.6 Å². The number of Topliss-reactive ketones (excluding diaryl/α,β-unsaturated/α-hetero) is 1. The van der Waals surface area contributed by atoms with Crippen LogP contribution >= 0.6 is 0 Å². The van der Waals surface area contributed by atoms with Crippen molar-refractivity contribution in [3.63, 3.8) is 0 Å². The van der Waals surface area contributed by atoms with Crippen LogP contribution in [0.4, 0.5) is 15.0 Å². The van der Waals surface area contributed by atoms with E-state index >= 15 is 0 Å². The number of likely N-dealkylation sites (tertiary alicyclic amines) is 1. The molecule has 1 aliphatic heterocycles. The lowest BCUT2D eigenvalue weighted by atomic mass is 9.86. The number of benzene rings is 1. The van der Waals surface area contributed by atoms with Crippen LogP contribution in [0.2, 0.25) is 0 Å². The first-order valence-electron chi connectivity index (χ1n) is 11.7. The van der Waals surface area contributed by atoms with Crippen molar-refractivity contribution in [1.82, 2.24) is 24.5 Å². The first kappa shape index (κ1) is 23.4. The molecule has 0 saturated carbocycles. The molecular formula is C26H26FN7O2. The number of amides is 2. The van der Waals surface area contributed by atoms with Crippen molar-refractivity contribution in [1.29, 1.82) is 0 Å². The van der Waals surface area contributed by atoms with Gasteiger partial charge in [-0.2, -0.15) is 9.61 Å². The molecular weight excluding hydrogens is 461 g/mol. The number of primary amides is 1. The van der Waals surface area contributed by atoms with Crippen LogP contribution in [-0.2, 0) is 0 Å². The van der Waals surface area contributed by atoms with Crippen LogP contribution in [0.25, 0.3) is 28.0 Å². The minimum Gasteiger partial charge on any atom is -0.383 e. The highest BCUT2D eigenvalue weighted by atomic mass is 19.1.